The van der Waals surface area contributed by atoms with E-state index in [-0.39, 0.29) is 0 Å². The summed E-state index contributed by atoms with van der Waals surface area (Å²) in [5.74, 6) is -0.480. The molecule has 0 saturated carbocycles. The van der Waals surface area contributed by atoms with Crippen LogP contribution in [0.15, 0.2) is 5.10 Å². The van der Waals surface area contributed by atoms with Crippen molar-refractivity contribution in [1.82, 2.24) is 5.20 Å². The quantitative estimate of drug-likeness (QED) is 0.197. The highest BCUT2D eigenvalue weighted by atomic mass is 31.2. The molecule has 0 aromatic carbocycles. The Kier molecular flexibility index (Phi) is 13.2. The van der Waals surface area contributed by atoms with Crippen LogP contribution in [-0.2, 0) is 18.6 Å². The minimum Gasteiger partial charge on any atom is -0.462 e. The lowest BCUT2D eigenvalue weighted by molar-refractivity contribution is -0.134. The van der Waals surface area contributed by atoms with Crippen molar-refractivity contribution in [3.63, 3.8) is 0 Å². The van der Waals surface area contributed by atoms with Crippen molar-refractivity contribution in [1.29, 1.82) is 0 Å². The van der Waals surface area contributed by atoms with Crippen LogP contribution in [0.25, 0.3) is 0 Å². The van der Waals surface area contributed by atoms with E-state index in [2.05, 4.69) is 24.1 Å². The number of nitrogens with zero attached hydrogens (tertiary/aromatic N) is 1. The van der Waals surface area contributed by atoms with Gasteiger partial charge in [0.2, 0.25) is 0 Å². The second-order valence-corrected chi connectivity index (χ2v) is 4.97. The first-order valence-corrected chi connectivity index (χ1v) is 7.93. The summed E-state index contributed by atoms with van der Waals surface area (Å²) in [4.78, 5) is 11.1. The Morgan fingerprint density at radius 3 is 2.21 bits per heavy atom. The van der Waals surface area contributed by atoms with Crippen LogP contribution in [0, 0.1) is 0 Å². The summed E-state index contributed by atoms with van der Waals surface area (Å²) in [6.45, 7) is 7.51. The Bertz CT molecular complexity index is 242. The molecule has 0 aliphatic carbocycles. The van der Waals surface area contributed by atoms with E-state index in [4.69, 9.17) is 13.8 Å². The van der Waals surface area contributed by atoms with Crippen molar-refractivity contribution in [3.05, 3.63) is 0 Å². The molecule has 1 N–H and O–H groups in total. The van der Waals surface area contributed by atoms with Crippen molar-refractivity contribution >= 4 is 20.7 Å². The summed E-state index contributed by atoms with van der Waals surface area (Å²) in [7, 11) is -1.28. The Balaban J connectivity index is 3.97. The zero-order valence-corrected chi connectivity index (χ0v) is 12.9. The Hall–Kier alpha value is -0.710. The van der Waals surface area contributed by atoms with Gasteiger partial charge in [0.05, 0.1) is 19.8 Å². The van der Waals surface area contributed by atoms with Gasteiger partial charge in [0.25, 0.3) is 0 Å². The highest BCUT2D eigenvalue weighted by molar-refractivity contribution is 7.44. The fourth-order valence-corrected chi connectivity index (χ4v) is 1.92. The molecule has 0 spiro atoms. The topological polar surface area (TPSA) is 69.2 Å². The van der Waals surface area contributed by atoms with Gasteiger partial charge in [0, 0.05) is 0 Å². The molecule has 0 aliphatic heterocycles. The Morgan fingerprint density at radius 2 is 1.74 bits per heavy atom. The molecule has 19 heavy (non-hydrogen) atoms. The standard InChI is InChI=1S/C12H25N2O4P/c1-4-7-9-17-19(18-10-8-5-2)14-13-11-12(15)16-6-3/h11,14H,4-10H2,1-3H3/b13-11+. The van der Waals surface area contributed by atoms with Crippen molar-refractivity contribution in [2.75, 3.05) is 19.8 Å². The number of hydrogen-bond donors (Lipinski definition) is 1. The molecule has 0 fully saturated rings. The number of hydrazone groups is 1. The van der Waals surface area contributed by atoms with E-state index in [1.807, 2.05) is 0 Å². The van der Waals surface area contributed by atoms with Gasteiger partial charge in [-0.3, -0.25) is 0 Å². The molecule has 0 radical (unpaired) electrons. The van der Waals surface area contributed by atoms with E-state index < -0.39 is 14.5 Å². The summed E-state index contributed by atoms with van der Waals surface area (Å²) >= 11 is 0. The monoisotopic (exact) mass is 292 g/mol. The molecule has 0 rings (SSSR count). The normalized spacial score (nSPS) is 11.2. The fraction of sp³-hybridized carbons (Fsp3) is 0.833. The predicted molar refractivity (Wildman–Crippen MR) is 76.9 cm³/mol. The molecule has 0 amide bonds. The number of unbranched alkanes of at least 4 members (excludes halogenated alkanes) is 2. The van der Waals surface area contributed by atoms with Crippen LogP contribution < -0.4 is 5.20 Å². The first-order chi connectivity index (χ1) is 9.24. The molecule has 0 aliphatic rings. The molecule has 0 heterocycles. The molecule has 0 bridgehead atoms. The molecule has 0 aromatic heterocycles. The summed E-state index contributed by atoms with van der Waals surface area (Å²) in [5.41, 5.74) is 0. The van der Waals surface area contributed by atoms with Crippen molar-refractivity contribution in [2.24, 2.45) is 5.10 Å². The lowest BCUT2D eigenvalue weighted by Crippen LogP contribution is -2.10. The minimum atomic E-state index is -1.28. The van der Waals surface area contributed by atoms with Crippen molar-refractivity contribution in [3.8, 4) is 0 Å². The van der Waals surface area contributed by atoms with Crippen LogP contribution in [0.1, 0.15) is 46.5 Å². The van der Waals surface area contributed by atoms with Gasteiger partial charge in [-0.25, -0.2) is 9.99 Å². The van der Waals surface area contributed by atoms with Gasteiger partial charge in [0.15, 0.2) is 0 Å². The number of ether oxygens (including phenoxy) is 1. The third-order valence-corrected chi connectivity index (χ3v) is 3.12. The van der Waals surface area contributed by atoms with Crippen LogP contribution in [0.3, 0.4) is 0 Å². The minimum absolute atomic E-state index is 0.333. The Morgan fingerprint density at radius 1 is 1.16 bits per heavy atom. The number of carbonyl (C=O) groups is 1. The highest BCUT2D eigenvalue weighted by Gasteiger charge is 2.09. The van der Waals surface area contributed by atoms with E-state index in [9.17, 15) is 4.79 Å². The molecule has 0 atom stereocenters. The van der Waals surface area contributed by atoms with Crippen LogP contribution in [0.5, 0.6) is 0 Å². The third-order valence-electron chi connectivity index (χ3n) is 2.01. The SMILES string of the molecule is CCCCOP(N/N=C/C(=O)OCC)OCCCC. The van der Waals surface area contributed by atoms with E-state index in [0.717, 1.165) is 31.9 Å². The molecule has 0 unspecified atom stereocenters. The van der Waals surface area contributed by atoms with E-state index in [1.54, 1.807) is 6.92 Å². The average molecular weight is 292 g/mol. The second-order valence-electron chi connectivity index (χ2n) is 3.74. The molecular weight excluding hydrogens is 267 g/mol. The zero-order chi connectivity index (χ0) is 14.3. The molecule has 6 nitrogen and oxygen atoms in total. The van der Waals surface area contributed by atoms with Crippen molar-refractivity contribution in [2.45, 2.75) is 46.5 Å². The molecule has 0 saturated heterocycles. The number of hydrogen-bond acceptors (Lipinski definition) is 6. The van der Waals surface area contributed by atoms with Gasteiger partial charge in [-0.05, 0) is 19.8 Å². The number of carbonyl (C=O) groups excluding carboxylic acids is 1. The van der Waals surface area contributed by atoms with Crippen LogP contribution in [0.2, 0.25) is 0 Å². The Labute approximate surface area is 116 Å². The maximum atomic E-state index is 11.1. The van der Waals surface area contributed by atoms with Crippen LogP contribution in [-0.4, -0.2) is 32.0 Å². The molecule has 112 valence electrons. The third kappa shape index (κ3) is 12.1. The summed E-state index contributed by atoms with van der Waals surface area (Å²) in [5, 5.41) is 6.49. The first kappa shape index (κ1) is 18.3. The largest absolute Gasteiger partial charge is 0.462 e. The smallest absolute Gasteiger partial charge is 0.351 e. The highest BCUT2D eigenvalue weighted by Crippen LogP contribution is 2.33. The van der Waals surface area contributed by atoms with Crippen molar-refractivity contribution < 1.29 is 18.6 Å². The molecule has 7 heteroatoms. The van der Waals surface area contributed by atoms with Crippen LogP contribution >= 0.6 is 8.53 Å². The average Bonchev–Trinajstić information content (AvgIpc) is 2.39. The number of rotatable bonds is 12. The lowest BCUT2D eigenvalue weighted by atomic mass is 10.4. The van der Waals surface area contributed by atoms with Gasteiger partial charge in [-0.1, -0.05) is 26.7 Å². The predicted octanol–water partition coefficient (Wildman–Crippen LogP) is 2.99. The van der Waals surface area contributed by atoms with E-state index in [0.29, 0.717) is 19.8 Å². The zero-order valence-electron chi connectivity index (χ0n) is 12.1. The maximum Gasteiger partial charge on any atom is 0.351 e. The number of nitrogens with one attached hydrogen (secondary N) is 1. The second kappa shape index (κ2) is 13.7. The number of esters is 1. The summed E-state index contributed by atoms with van der Waals surface area (Å²) in [6, 6.07) is 0. The fourth-order valence-electron chi connectivity index (χ4n) is 0.987. The van der Waals surface area contributed by atoms with Gasteiger partial charge in [0.1, 0.15) is 6.21 Å². The molecular formula is C12H25N2O4P. The summed E-state index contributed by atoms with van der Waals surface area (Å²) in [6.07, 6.45) is 5.15. The van der Waals surface area contributed by atoms with Gasteiger partial charge < -0.3 is 13.8 Å². The van der Waals surface area contributed by atoms with Gasteiger partial charge in [-0.2, -0.15) is 5.10 Å². The van der Waals surface area contributed by atoms with Gasteiger partial charge >= 0.3 is 14.5 Å². The van der Waals surface area contributed by atoms with Gasteiger partial charge in [-0.15, -0.1) is 0 Å². The van der Waals surface area contributed by atoms with E-state index in [1.165, 1.54) is 0 Å². The summed E-state index contributed by atoms with van der Waals surface area (Å²) < 4.78 is 15.8. The lowest BCUT2D eigenvalue weighted by Gasteiger charge is -2.15. The van der Waals surface area contributed by atoms with Crippen LogP contribution in [0.4, 0.5) is 0 Å². The molecule has 0 aromatic rings. The maximum absolute atomic E-state index is 11.1. The van der Waals surface area contributed by atoms with E-state index >= 15 is 0 Å². The first-order valence-electron chi connectivity index (χ1n) is 6.75.